The molecule has 0 saturated carbocycles. The summed E-state index contributed by atoms with van der Waals surface area (Å²) in [5, 5.41) is 6.29. The van der Waals surface area contributed by atoms with Crippen molar-refractivity contribution >= 4 is 27.4 Å². The number of anilines is 1. The van der Waals surface area contributed by atoms with Crippen LogP contribution < -0.4 is 5.32 Å². The van der Waals surface area contributed by atoms with E-state index in [-0.39, 0.29) is 0 Å². The van der Waals surface area contributed by atoms with Crippen molar-refractivity contribution in [3.8, 4) is 0 Å². The molecule has 4 nitrogen and oxygen atoms in total. The van der Waals surface area contributed by atoms with Gasteiger partial charge in [-0.15, -0.1) is 11.3 Å². The predicted molar refractivity (Wildman–Crippen MR) is 65.1 cm³/mol. The summed E-state index contributed by atoms with van der Waals surface area (Å²) < 4.78 is 5.38. The van der Waals surface area contributed by atoms with E-state index >= 15 is 0 Å². The van der Waals surface area contributed by atoms with Gasteiger partial charge in [0.05, 0.1) is 12.0 Å². The molecule has 1 unspecified atom stereocenters. The second-order valence-corrected chi connectivity index (χ2v) is 4.77. The lowest BCUT2D eigenvalue weighted by atomic mass is 10.1. The summed E-state index contributed by atoms with van der Waals surface area (Å²) in [4.78, 5) is 10.2. The second-order valence-electron chi connectivity index (χ2n) is 3.88. The monoisotopic (exact) mass is 235 g/mol. The molecule has 0 spiro atoms. The van der Waals surface area contributed by atoms with Crippen LogP contribution in [0, 0.1) is 0 Å². The SMILES string of the molecule is CNc1nc(C2CCOC2)nc2sccc12. The van der Waals surface area contributed by atoms with Crippen LogP contribution in [0.25, 0.3) is 10.2 Å². The fourth-order valence-electron chi connectivity index (χ4n) is 1.98. The number of thiophene rings is 1. The Hall–Kier alpha value is -1.20. The largest absolute Gasteiger partial charge is 0.381 e. The smallest absolute Gasteiger partial charge is 0.138 e. The van der Waals surface area contributed by atoms with E-state index in [1.54, 1.807) is 11.3 Å². The first-order valence-corrected chi connectivity index (χ1v) is 6.27. The number of rotatable bonds is 2. The summed E-state index contributed by atoms with van der Waals surface area (Å²) in [7, 11) is 1.90. The Morgan fingerprint density at radius 1 is 1.50 bits per heavy atom. The van der Waals surface area contributed by atoms with E-state index in [9.17, 15) is 0 Å². The van der Waals surface area contributed by atoms with Crippen LogP contribution in [0.3, 0.4) is 0 Å². The number of hydrogen-bond acceptors (Lipinski definition) is 5. The third kappa shape index (κ3) is 1.56. The molecular weight excluding hydrogens is 222 g/mol. The Morgan fingerprint density at radius 3 is 3.19 bits per heavy atom. The normalized spacial score (nSPS) is 20.4. The zero-order chi connectivity index (χ0) is 11.0. The minimum Gasteiger partial charge on any atom is -0.381 e. The van der Waals surface area contributed by atoms with Crippen molar-refractivity contribution in [3.63, 3.8) is 0 Å². The molecule has 5 heteroatoms. The van der Waals surface area contributed by atoms with Crippen LogP contribution in [0.4, 0.5) is 5.82 Å². The molecule has 2 aromatic heterocycles. The molecule has 1 fully saturated rings. The highest BCUT2D eigenvalue weighted by atomic mass is 32.1. The molecule has 3 heterocycles. The van der Waals surface area contributed by atoms with Crippen molar-refractivity contribution in [2.75, 3.05) is 25.6 Å². The number of nitrogens with zero attached hydrogens (tertiary/aromatic N) is 2. The van der Waals surface area contributed by atoms with Gasteiger partial charge < -0.3 is 10.1 Å². The van der Waals surface area contributed by atoms with E-state index < -0.39 is 0 Å². The summed E-state index contributed by atoms with van der Waals surface area (Å²) >= 11 is 1.66. The fourth-order valence-corrected chi connectivity index (χ4v) is 2.75. The molecule has 0 radical (unpaired) electrons. The van der Waals surface area contributed by atoms with Crippen LogP contribution in [0.2, 0.25) is 0 Å². The van der Waals surface area contributed by atoms with Gasteiger partial charge >= 0.3 is 0 Å². The maximum absolute atomic E-state index is 5.38. The molecule has 0 amide bonds. The molecule has 16 heavy (non-hydrogen) atoms. The lowest BCUT2D eigenvalue weighted by molar-refractivity contribution is 0.193. The predicted octanol–water partition coefficient (Wildman–Crippen LogP) is 2.24. The van der Waals surface area contributed by atoms with Gasteiger partial charge in [-0.3, -0.25) is 0 Å². The maximum Gasteiger partial charge on any atom is 0.138 e. The minimum absolute atomic E-state index is 0.360. The number of aromatic nitrogens is 2. The molecule has 0 aliphatic carbocycles. The molecule has 1 N–H and O–H groups in total. The van der Waals surface area contributed by atoms with Gasteiger partial charge in [0.1, 0.15) is 16.5 Å². The molecule has 2 aromatic rings. The standard InChI is InChI=1S/C11H13N3OS/c1-12-10-8-3-5-16-11(8)14-9(13-10)7-2-4-15-6-7/h3,5,7H,2,4,6H2,1H3,(H,12,13,14). The Balaban J connectivity index is 2.10. The highest BCUT2D eigenvalue weighted by Crippen LogP contribution is 2.29. The van der Waals surface area contributed by atoms with E-state index in [0.29, 0.717) is 5.92 Å². The zero-order valence-electron chi connectivity index (χ0n) is 9.06. The topological polar surface area (TPSA) is 47.0 Å². The molecule has 3 rings (SSSR count). The van der Waals surface area contributed by atoms with Gasteiger partial charge in [0.15, 0.2) is 0 Å². The van der Waals surface area contributed by atoms with Gasteiger partial charge in [0.25, 0.3) is 0 Å². The van der Waals surface area contributed by atoms with Crippen molar-refractivity contribution in [1.29, 1.82) is 0 Å². The lowest BCUT2D eigenvalue weighted by Gasteiger charge is -2.08. The van der Waals surface area contributed by atoms with Gasteiger partial charge in [-0.25, -0.2) is 9.97 Å². The molecule has 1 atom stereocenters. The molecule has 1 saturated heterocycles. The average molecular weight is 235 g/mol. The molecule has 0 bridgehead atoms. The maximum atomic E-state index is 5.38. The third-order valence-electron chi connectivity index (χ3n) is 2.87. The van der Waals surface area contributed by atoms with Crippen LogP contribution in [-0.4, -0.2) is 30.2 Å². The molecule has 1 aliphatic heterocycles. The van der Waals surface area contributed by atoms with Crippen molar-refractivity contribution in [2.24, 2.45) is 0 Å². The van der Waals surface area contributed by atoms with Crippen LogP contribution in [0.1, 0.15) is 18.2 Å². The van der Waals surface area contributed by atoms with Gasteiger partial charge in [-0.1, -0.05) is 0 Å². The highest BCUT2D eigenvalue weighted by molar-refractivity contribution is 7.16. The van der Waals surface area contributed by atoms with E-state index in [1.807, 2.05) is 7.05 Å². The Kier molecular flexibility index (Phi) is 2.49. The average Bonchev–Trinajstić information content (AvgIpc) is 2.97. The van der Waals surface area contributed by atoms with Crippen LogP contribution in [0.5, 0.6) is 0 Å². The van der Waals surface area contributed by atoms with Crippen molar-refractivity contribution < 1.29 is 4.74 Å². The number of hydrogen-bond donors (Lipinski definition) is 1. The first kappa shape index (κ1) is 9.99. The van der Waals surface area contributed by atoms with Crippen molar-refractivity contribution in [2.45, 2.75) is 12.3 Å². The first-order chi connectivity index (χ1) is 7.88. The summed E-state index contributed by atoms with van der Waals surface area (Å²) in [5.74, 6) is 2.20. The summed E-state index contributed by atoms with van der Waals surface area (Å²) in [6.45, 7) is 1.57. The number of ether oxygens (including phenoxy) is 1. The number of nitrogens with one attached hydrogen (secondary N) is 1. The number of fused-ring (bicyclic) bond motifs is 1. The van der Waals surface area contributed by atoms with E-state index in [0.717, 1.165) is 41.5 Å². The highest BCUT2D eigenvalue weighted by Gasteiger charge is 2.22. The third-order valence-corrected chi connectivity index (χ3v) is 3.68. The minimum atomic E-state index is 0.360. The van der Waals surface area contributed by atoms with Crippen LogP contribution >= 0.6 is 11.3 Å². The molecule has 0 aromatic carbocycles. The summed E-state index contributed by atoms with van der Waals surface area (Å²) in [5.41, 5.74) is 0. The molecule has 84 valence electrons. The van der Waals surface area contributed by atoms with Gasteiger partial charge in [0, 0.05) is 19.6 Å². The van der Waals surface area contributed by atoms with Crippen molar-refractivity contribution in [3.05, 3.63) is 17.3 Å². The summed E-state index contributed by atoms with van der Waals surface area (Å²) in [6.07, 6.45) is 1.03. The summed E-state index contributed by atoms with van der Waals surface area (Å²) in [6, 6.07) is 2.06. The van der Waals surface area contributed by atoms with Crippen LogP contribution in [-0.2, 0) is 4.74 Å². The Bertz CT molecular complexity index is 505. The van der Waals surface area contributed by atoms with Gasteiger partial charge in [-0.2, -0.15) is 0 Å². The lowest BCUT2D eigenvalue weighted by Crippen LogP contribution is -2.06. The Morgan fingerprint density at radius 2 is 2.44 bits per heavy atom. The molecular formula is C11H13N3OS. The molecule has 1 aliphatic rings. The van der Waals surface area contributed by atoms with Crippen molar-refractivity contribution in [1.82, 2.24) is 9.97 Å². The van der Waals surface area contributed by atoms with E-state index in [4.69, 9.17) is 4.74 Å². The Labute approximate surface area is 97.7 Å². The van der Waals surface area contributed by atoms with Gasteiger partial charge in [-0.05, 0) is 17.9 Å². The zero-order valence-corrected chi connectivity index (χ0v) is 9.88. The van der Waals surface area contributed by atoms with E-state index in [2.05, 4.69) is 26.7 Å². The van der Waals surface area contributed by atoms with E-state index in [1.165, 1.54) is 0 Å². The quantitative estimate of drug-likeness (QED) is 0.867. The second kappa shape index (κ2) is 3.99. The first-order valence-electron chi connectivity index (χ1n) is 5.39. The van der Waals surface area contributed by atoms with Crippen LogP contribution in [0.15, 0.2) is 11.4 Å². The van der Waals surface area contributed by atoms with Gasteiger partial charge in [0.2, 0.25) is 0 Å². The fraction of sp³-hybridized carbons (Fsp3) is 0.455.